The fraction of sp³-hybridized carbons (Fsp3) is 0.667. The number of halogens is 3. The first-order valence-corrected chi connectivity index (χ1v) is 7.12. The van der Waals surface area contributed by atoms with Crippen LogP contribution in [0.2, 0.25) is 0 Å². The molecule has 1 saturated heterocycles. The van der Waals surface area contributed by atoms with Crippen LogP contribution in [0.3, 0.4) is 0 Å². The molecule has 0 bridgehead atoms. The van der Waals surface area contributed by atoms with E-state index in [1.165, 1.54) is 12.3 Å². The molecule has 6 heteroatoms. The van der Waals surface area contributed by atoms with Crippen LogP contribution in [-0.4, -0.2) is 30.2 Å². The Morgan fingerprint density at radius 1 is 1.24 bits per heavy atom. The predicted molar refractivity (Wildman–Crippen MR) is 77.3 cm³/mol. The Morgan fingerprint density at radius 2 is 1.90 bits per heavy atom. The number of hydrogen-bond acceptors (Lipinski definition) is 3. The Balaban J connectivity index is 2.19. The summed E-state index contributed by atoms with van der Waals surface area (Å²) in [6.07, 6.45) is -3.06. The lowest BCUT2D eigenvalue weighted by molar-refractivity contribution is -0.141. The second-order valence-corrected chi connectivity index (χ2v) is 6.73. The van der Waals surface area contributed by atoms with Gasteiger partial charge in [0.25, 0.3) is 0 Å². The van der Waals surface area contributed by atoms with Crippen molar-refractivity contribution >= 4 is 5.69 Å². The van der Waals surface area contributed by atoms with Crippen LogP contribution in [0.1, 0.15) is 33.4 Å². The summed E-state index contributed by atoms with van der Waals surface area (Å²) < 4.78 is 37.7. The first-order valence-electron chi connectivity index (χ1n) is 7.12. The molecule has 2 unspecified atom stereocenters. The van der Waals surface area contributed by atoms with Crippen LogP contribution in [0.5, 0.6) is 0 Å². The molecule has 1 aliphatic heterocycles. The van der Waals surface area contributed by atoms with Crippen molar-refractivity contribution in [3.63, 3.8) is 0 Å². The molecule has 3 nitrogen and oxygen atoms in total. The van der Waals surface area contributed by atoms with Gasteiger partial charge in [-0.2, -0.15) is 13.2 Å². The monoisotopic (exact) mass is 301 g/mol. The molecule has 1 aromatic heterocycles. The maximum Gasteiger partial charge on any atom is 0.433 e. The van der Waals surface area contributed by atoms with Gasteiger partial charge >= 0.3 is 6.18 Å². The van der Waals surface area contributed by atoms with Crippen molar-refractivity contribution in [1.29, 1.82) is 0 Å². The average Bonchev–Trinajstić information content (AvgIpc) is 2.37. The van der Waals surface area contributed by atoms with E-state index in [2.05, 4.69) is 42.9 Å². The molecule has 1 N–H and O–H groups in total. The SMILES string of the molecule is CC1CNC(C(C)(C)C)CN1c1ccc(C(F)(F)F)nc1. The third-order valence-electron chi connectivity index (χ3n) is 3.99. The van der Waals surface area contributed by atoms with Gasteiger partial charge in [0.2, 0.25) is 0 Å². The number of piperazine rings is 1. The molecule has 2 rings (SSSR count). The Hall–Kier alpha value is -1.30. The molecule has 0 saturated carbocycles. The number of pyridine rings is 1. The highest BCUT2D eigenvalue weighted by Crippen LogP contribution is 2.30. The summed E-state index contributed by atoms with van der Waals surface area (Å²) in [5.74, 6) is 0. The minimum atomic E-state index is -4.39. The fourth-order valence-electron chi connectivity index (χ4n) is 2.53. The Kier molecular flexibility index (Phi) is 4.19. The molecule has 1 fully saturated rings. The highest BCUT2D eigenvalue weighted by Gasteiger charge is 2.34. The van der Waals surface area contributed by atoms with E-state index in [0.717, 1.165) is 24.8 Å². The van der Waals surface area contributed by atoms with Crippen LogP contribution in [0.15, 0.2) is 18.3 Å². The van der Waals surface area contributed by atoms with E-state index in [1.807, 2.05) is 0 Å². The van der Waals surface area contributed by atoms with Crippen molar-refractivity contribution < 1.29 is 13.2 Å². The van der Waals surface area contributed by atoms with Gasteiger partial charge in [-0.15, -0.1) is 0 Å². The van der Waals surface area contributed by atoms with Crippen LogP contribution >= 0.6 is 0 Å². The number of hydrogen-bond donors (Lipinski definition) is 1. The first kappa shape index (κ1) is 16.1. The Morgan fingerprint density at radius 3 is 2.38 bits per heavy atom. The van der Waals surface area contributed by atoms with Gasteiger partial charge in [0.15, 0.2) is 0 Å². The zero-order valence-corrected chi connectivity index (χ0v) is 12.8. The summed E-state index contributed by atoms with van der Waals surface area (Å²) in [5.41, 5.74) is -0.00905. The molecule has 0 amide bonds. The summed E-state index contributed by atoms with van der Waals surface area (Å²) in [7, 11) is 0. The molecular weight excluding hydrogens is 279 g/mol. The van der Waals surface area contributed by atoms with Gasteiger partial charge in [-0.1, -0.05) is 20.8 Å². The maximum absolute atomic E-state index is 12.6. The third-order valence-corrected chi connectivity index (χ3v) is 3.99. The predicted octanol–water partition coefficient (Wildman–Crippen LogP) is 3.31. The molecule has 0 radical (unpaired) electrons. The summed E-state index contributed by atoms with van der Waals surface area (Å²) in [6.45, 7) is 10.1. The first-order chi connectivity index (χ1) is 9.59. The summed E-state index contributed by atoms with van der Waals surface area (Å²) >= 11 is 0. The smallest absolute Gasteiger partial charge is 0.365 e. The normalized spacial score (nSPS) is 24.2. The molecular formula is C15H22F3N3. The van der Waals surface area contributed by atoms with E-state index in [0.29, 0.717) is 0 Å². The number of anilines is 1. The molecule has 0 aromatic carbocycles. The van der Waals surface area contributed by atoms with E-state index in [1.54, 1.807) is 0 Å². The van der Waals surface area contributed by atoms with Gasteiger partial charge in [0, 0.05) is 25.2 Å². The zero-order valence-electron chi connectivity index (χ0n) is 12.8. The van der Waals surface area contributed by atoms with E-state index < -0.39 is 11.9 Å². The van der Waals surface area contributed by atoms with Crippen LogP contribution in [-0.2, 0) is 6.18 Å². The minimum absolute atomic E-state index is 0.0950. The quantitative estimate of drug-likeness (QED) is 0.862. The van der Waals surface area contributed by atoms with Crippen LogP contribution in [0.4, 0.5) is 18.9 Å². The van der Waals surface area contributed by atoms with Crippen LogP contribution in [0.25, 0.3) is 0 Å². The number of nitrogens with one attached hydrogen (secondary N) is 1. The number of alkyl halides is 3. The topological polar surface area (TPSA) is 28.2 Å². The summed E-state index contributed by atoms with van der Waals surface area (Å²) in [5, 5.41) is 3.50. The standard InChI is InChI=1S/C15H22F3N3/c1-10-7-19-13(14(2,3)4)9-21(10)11-5-6-12(20-8-11)15(16,17)18/h5-6,8,10,13,19H,7,9H2,1-4H3. The van der Waals surface area contributed by atoms with Gasteiger partial charge < -0.3 is 10.2 Å². The van der Waals surface area contributed by atoms with E-state index in [4.69, 9.17) is 0 Å². The van der Waals surface area contributed by atoms with Crippen molar-refractivity contribution in [3.05, 3.63) is 24.0 Å². The van der Waals surface area contributed by atoms with Gasteiger partial charge in [-0.3, -0.25) is 0 Å². The van der Waals surface area contributed by atoms with Gasteiger partial charge in [-0.25, -0.2) is 4.98 Å². The second kappa shape index (κ2) is 5.48. The van der Waals surface area contributed by atoms with Crippen molar-refractivity contribution in [2.24, 2.45) is 5.41 Å². The van der Waals surface area contributed by atoms with Crippen molar-refractivity contribution in [2.75, 3.05) is 18.0 Å². The van der Waals surface area contributed by atoms with E-state index in [9.17, 15) is 13.2 Å². The lowest BCUT2D eigenvalue weighted by Crippen LogP contribution is -2.59. The molecule has 0 spiro atoms. The van der Waals surface area contributed by atoms with Crippen LogP contribution < -0.4 is 10.2 Å². The molecule has 2 heterocycles. The number of aromatic nitrogens is 1. The van der Waals surface area contributed by atoms with Crippen molar-refractivity contribution in [1.82, 2.24) is 10.3 Å². The Bertz CT molecular complexity index is 476. The average molecular weight is 301 g/mol. The van der Waals surface area contributed by atoms with Gasteiger partial charge in [-0.05, 0) is 24.5 Å². The second-order valence-electron chi connectivity index (χ2n) is 6.73. The summed E-state index contributed by atoms with van der Waals surface area (Å²) in [6, 6.07) is 3.08. The molecule has 2 atom stereocenters. The van der Waals surface area contributed by atoms with Crippen molar-refractivity contribution in [2.45, 2.75) is 46.0 Å². The minimum Gasteiger partial charge on any atom is -0.365 e. The van der Waals surface area contributed by atoms with Gasteiger partial charge in [0.05, 0.1) is 11.9 Å². The van der Waals surface area contributed by atoms with E-state index >= 15 is 0 Å². The zero-order chi connectivity index (χ0) is 15.8. The van der Waals surface area contributed by atoms with Crippen LogP contribution in [0, 0.1) is 5.41 Å². The molecule has 1 aromatic rings. The number of rotatable bonds is 1. The van der Waals surface area contributed by atoms with Gasteiger partial charge in [0.1, 0.15) is 5.69 Å². The molecule has 0 aliphatic carbocycles. The Labute approximate surface area is 123 Å². The molecule has 118 valence electrons. The molecule has 21 heavy (non-hydrogen) atoms. The lowest BCUT2D eigenvalue weighted by atomic mass is 9.84. The van der Waals surface area contributed by atoms with E-state index in [-0.39, 0.29) is 17.5 Å². The lowest BCUT2D eigenvalue weighted by Gasteiger charge is -2.45. The third kappa shape index (κ3) is 3.67. The van der Waals surface area contributed by atoms with Crippen molar-refractivity contribution in [3.8, 4) is 0 Å². The number of nitrogens with zero attached hydrogens (tertiary/aromatic N) is 2. The maximum atomic E-state index is 12.6. The largest absolute Gasteiger partial charge is 0.433 e. The highest BCUT2D eigenvalue weighted by molar-refractivity contribution is 5.47. The summed E-state index contributed by atoms with van der Waals surface area (Å²) in [4.78, 5) is 5.68. The fourth-order valence-corrected chi connectivity index (χ4v) is 2.53. The highest BCUT2D eigenvalue weighted by atomic mass is 19.4. The molecule has 1 aliphatic rings.